The average molecular weight is 335 g/mol. The predicted octanol–water partition coefficient (Wildman–Crippen LogP) is 2.15. The second kappa shape index (κ2) is 7.12. The highest BCUT2D eigenvalue weighted by molar-refractivity contribution is 6.29. The second-order valence-electron chi connectivity index (χ2n) is 5.55. The first-order valence-electron chi connectivity index (χ1n) is 7.55. The Bertz CT molecular complexity index is 678. The van der Waals surface area contributed by atoms with Crippen molar-refractivity contribution in [2.75, 3.05) is 25.1 Å². The zero-order valence-electron chi connectivity index (χ0n) is 12.9. The highest BCUT2D eigenvalue weighted by Crippen LogP contribution is 2.19. The van der Waals surface area contributed by atoms with E-state index < -0.39 is 0 Å². The number of anilines is 1. The number of morpholine rings is 1. The molecule has 1 fully saturated rings. The number of aromatic nitrogens is 2. The number of hydrogen-bond donors (Lipinski definition) is 2. The number of carbonyl (C=O) groups excluding carboxylic acids is 1. The molecule has 1 amide bonds. The fourth-order valence-electron chi connectivity index (χ4n) is 2.52. The van der Waals surface area contributed by atoms with E-state index in [9.17, 15) is 4.79 Å². The van der Waals surface area contributed by atoms with E-state index in [4.69, 9.17) is 16.3 Å². The number of rotatable bonds is 4. The highest BCUT2D eigenvalue weighted by Gasteiger charge is 2.16. The molecule has 0 bridgehead atoms. The molecule has 1 aliphatic heterocycles. The van der Waals surface area contributed by atoms with Gasteiger partial charge in [-0.25, -0.2) is 4.68 Å². The van der Waals surface area contributed by atoms with Gasteiger partial charge >= 0.3 is 0 Å². The average Bonchev–Trinajstić information content (AvgIpc) is 2.87. The van der Waals surface area contributed by atoms with Gasteiger partial charge in [0.05, 0.1) is 24.6 Å². The van der Waals surface area contributed by atoms with Crippen LogP contribution in [0.4, 0.5) is 5.69 Å². The lowest BCUT2D eigenvalue weighted by molar-refractivity contribution is -0.117. The van der Waals surface area contributed by atoms with Crippen molar-refractivity contribution in [3.05, 3.63) is 41.2 Å². The molecule has 122 valence electrons. The number of benzene rings is 1. The Labute approximate surface area is 139 Å². The number of hydrogen-bond acceptors (Lipinski definition) is 4. The lowest BCUT2D eigenvalue weighted by atomic mass is 10.2. The predicted molar refractivity (Wildman–Crippen MR) is 89.2 cm³/mol. The Balaban J connectivity index is 1.61. The molecule has 1 unspecified atom stereocenters. The van der Waals surface area contributed by atoms with E-state index in [1.807, 2.05) is 31.2 Å². The van der Waals surface area contributed by atoms with Crippen molar-refractivity contribution >= 4 is 23.2 Å². The first-order chi connectivity index (χ1) is 11.1. The number of carbonyl (C=O) groups is 1. The number of aryl methyl sites for hydroxylation is 1. The molecule has 0 saturated carbocycles. The van der Waals surface area contributed by atoms with Gasteiger partial charge in [0.15, 0.2) is 0 Å². The summed E-state index contributed by atoms with van der Waals surface area (Å²) < 4.78 is 7.00. The minimum Gasteiger partial charge on any atom is -0.378 e. The second-order valence-corrected chi connectivity index (χ2v) is 5.93. The van der Waals surface area contributed by atoms with E-state index >= 15 is 0 Å². The van der Waals surface area contributed by atoms with Crippen LogP contribution >= 0.6 is 11.6 Å². The Morgan fingerprint density at radius 1 is 1.48 bits per heavy atom. The third-order valence-corrected chi connectivity index (χ3v) is 3.88. The van der Waals surface area contributed by atoms with Gasteiger partial charge < -0.3 is 15.4 Å². The van der Waals surface area contributed by atoms with Crippen molar-refractivity contribution in [3.63, 3.8) is 0 Å². The topological polar surface area (TPSA) is 68.2 Å². The van der Waals surface area contributed by atoms with Crippen molar-refractivity contribution in [2.45, 2.75) is 19.4 Å². The summed E-state index contributed by atoms with van der Waals surface area (Å²) in [5, 5.41) is 11.0. The molecule has 23 heavy (non-hydrogen) atoms. The summed E-state index contributed by atoms with van der Waals surface area (Å²) in [5.74, 6) is -0.0336. The van der Waals surface area contributed by atoms with Gasteiger partial charge in [0.25, 0.3) is 0 Å². The van der Waals surface area contributed by atoms with Gasteiger partial charge in [-0.1, -0.05) is 11.6 Å². The molecule has 0 aliphatic carbocycles. The first kappa shape index (κ1) is 16.0. The van der Waals surface area contributed by atoms with Gasteiger partial charge in [0, 0.05) is 24.7 Å². The molecular weight excluding hydrogens is 316 g/mol. The first-order valence-corrected chi connectivity index (χ1v) is 7.93. The molecule has 2 aromatic rings. The standard InChI is InChI=1S/C16H19ClN4O2/c1-11-8-15(17)21(20-11)14-4-2-12(3-5-14)19-16(22)9-13-10-23-7-6-18-13/h2-5,8,13,18H,6-7,9-10H2,1H3,(H,19,22). The molecule has 3 rings (SSSR count). The van der Waals surface area contributed by atoms with Crippen molar-refractivity contribution in [1.29, 1.82) is 0 Å². The van der Waals surface area contributed by atoms with E-state index in [0.717, 1.165) is 23.6 Å². The third-order valence-electron chi connectivity index (χ3n) is 3.61. The van der Waals surface area contributed by atoms with Crippen LogP contribution in [0, 0.1) is 6.92 Å². The van der Waals surface area contributed by atoms with Gasteiger partial charge in [-0.3, -0.25) is 4.79 Å². The van der Waals surface area contributed by atoms with E-state index in [2.05, 4.69) is 15.7 Å². The SMILES string of the molecule is Cc1cc(Cl)n(-c2ccc(NC(=O)CC3COCCN3)cc2)n1. The van der Waals surface area contributed by atoms with Gasteiger partial charge in [-0.2, -0.15) is 5.10 Å². The van der Waals surface area contributed by atoms with Crippen LogP contribution in [0.3, 0.4) is 0 Å². The van der Waals surface area contributed by atoms with Crippen molar-refractivity contribution in [3.8, 4) is 5.69 Å². The summed E-state index contributed by atoms with van der Waals surface area (Å²) >= 11 is 6.12. The Morgan fingerprint density at radius 2 is 2.26 bits per heavy atom. The smallest absolute Gasteiger partial charge is 0.226 e. The lowest BCUT2D eigenvalue weighted by Gasteiger charge is -2.23. The summed E-state index contributed by atoms with van der Waals surface area (Å²) in [6.07, 6.45) is 0.395. The van der Waals surface area contributed by atoms with Crippen LogP contribution in [0.15, 0.2) is 30.3 Å². The van der Waals surface area contributed by atoms with Crippen LogP contribution < -0.4 is 10.6 Å². The number of ether oxygens (including phenoxy) is 1. The van der Waals surface area contributed by atoms with E-state index in [0.29, 0.717) is 24.8 Å². The maximum atomic E-state index is 12.0. The maximum Gasteiger partial charge on any atom is 0.226 e. The molecule has 1 atom stereocenters. The molecule has 1 aromatic carbocycles. The third kappa shape index (κ3) is 4.10. The van der Waals surface area contributed by atoms with E-state index in [1.54, 1.807) is 10.7 Å². The summed E-state index contributed by atoms with van der Waals surface area (Å²) in [7, 11) is 0. The molecule has 0 spiro atoms. The zero-order chi connectivity index (χ0) is 16.2. The molecule has 1 aromatic heterocycles. The van der Waals surface area contributed by atoms with Crippen molar-refractivity contribution in [2.24, 2.45) is 0 Å². The van der Waals surface area contributed by atoms with Crippen LogP contribution in [0.25, 0.3) is 5.69 Å². The van der Waals surface area contributed by atoms with Gasteiger partial charge in [-0.05, 0) is 37.3 Å². The summed E-state index contributed by atoms with van der Waals surface area (Å²) in [4.78, 5) is 12.0. The monoisotopic (exact) mass is 334 g/mol. The molecular formula is C16H19ClN4O2. The minimum absolute atomic E-state index is 0.0336. The molecule has 2 N–H and O–H groups in total. The minimum atomic E-state index is -0.0336. The van der Waals surface area contributed by atoms with Crippen molar-refractivity contribution < 1.29 is 9.53 Å². The summed E-state index contributed by atoms with van der Waals surface area (Å²) in [5.41, 5.74) is 2.45. The molecule has 7 heteroatoms. The van der Waals surface area contributed by atoms with E-state index in [1.165, 1.54) is 0 Å². The fraction of sp³-hybridized carbons (Fsp3) is 0.375. The van der Waals surface area contributed by atoms with Crippen molar-refractivity contribution in [1.82, 2.24) is 15.1 Å². The van der Waals surface area contributed by atoms with Gasteiger partial charge in [0.2, 0.25) is 5.91 Å². The fourth-order valence-corrected chi connectivity index (χ4v) is 2.81. The highest BCUT2D eigenvalue weighted by atomic mass is 35.5. The molecule has 1 aliphatic rings. The molecule has 0 radical (unpaired) electrons. The number of halogens is 1. The Kier molecular flexibility index (Phi) is 4.95. The van der Waals surface area contributed by atoms with Crippen LogP contribution in [0.2, 0.25) is 5.15 Å². The number of amides is 1. The van der Waals surface area contributed by atoms with Crippen LogP contribution in [-0.2, 0) is 9.53 Å². The number of nitrogens with zero attached hydrogens (tertiary/aromatic N) is 2. The molecule has 6 nitrogen and oxygen atoms in total. The summed E-state index contributed by atoms with van der Waals surface area (Å²) in [6, 6.07) is 9.30. The summed E-state index contributed by atoms with van der Waals surface area (Å²) in [6.45, 7) is 3.95. The largest absolute Gasteiger partial charge is 0.378 e. The Hall–Kier alpha value is -1.89. The normalized spacial score (nSPS) is 17.9. The molecule has 2 heterocycles. The Morgan fingerprint density at radius 3 is 2.87 bits per heavy atom. The van der Waals surface area contributed by atoms with Gasteiger partial charge in [0.1, 0.15) is 5.15 Å². The number of nitrogens with one attached hydrogen (secondary N) is 2. The lowest BCUT2D eigenvalue weighted by Crippen LogP contribution is -2.43. The van der Waals surface area contributed by atoms with Gasteiger partial charge in [-0.15, -0.1) is 0 Å². The quantitative estimate of drug-likeness (QED) is 0.899. The van der Waals surface area contributed by atoms with Crippen LogP contribution in [0.1, 0.15) is 12.1 Å². The zero-order valence-corrected chi connectivity index (χ0v) is 13.6. The molecule has 1 saturated heterocycles. The van der Waals surface area contributed by atoms with Crippen LogP contribution in [0.5, 0.6) is 0 Å². The maximum absolute atomic E-state index is 12.0. The van der Waals surface area contributed by atoms with E-state index in [-0.39, 0.29) is 11.9 Å². The van der Waals surface area contributed by atoms with Crippen LogP contribution in [-0.4, -0.2) is 41.5 Å².